The topological polar surface area (TPSA) is 58.2 Å². The van der Waals surface area contributed by atoms with Gasteiger partial charge in [-0.2, -0.15) is 0 Å². The summed E-state index contributed by atoms with van der Waals surface area (Å²) in [6, 6.07) is 9.16. The summed E-state index contributed by atoms with van der Waals surface area (Å²) >= 11 is 1.76. The zero-order chi connectivity index (χ0) is 11.6. The number of halogens is 1. The second kappa shape index (κ2) is 4.40. The van der Waals surface area contributed by atoms with Gasteiger partial charge in [-0.15, -0.1) is 0 Å². The van der Waals surface area contributed by atoms with Gasteiger partial charge in [0, 0.05) is 5.69 Å². The molecule has 0 saturated heterocycles. The molecule has 0 aliphatic heterocycles. The van der Waals surface area contributed by atoms with Crippen molar-refractivity contribution in [3.63, 3.8) is 0 Å². The lowest BCUT2D eigenvalue weighted by Gasteiger charge is -2.12. The standard InChI is InChI=1S/C11H11IN2O2/c12-14-10(16)11(6-7-11)9(15)13-8-4-2-1-3-5-8/h1-5H,6-7H2,(H,13,15)(H,14,16). The molecule has 16 heavy (non-hydrogen) atoms. The van der Waals surface area contributed by atoms with Crippen LogP contribution >= 0.6 is 22.9 Å². The van der Waals surface area contributed by atoms with Gasteiger partial charge in [0.1, 0.15) is 5.41 Å². The summed E-state index contributed by atoms with van der Waals surface area (Å²) in [4.78, 5) is 23.5. The molecule has 1 aromatic rings. The Balaban J connectivity index is 2.07. The Labute approximate surface area is 107 Å². The molecule has 0 spiro atoms. The zero-order valence-corrected chi connectivity index (χ0v) is 10.7. The van der Waals surface area contributed by atoms with Crippen LogP contribution in [0.5, 0.6) is 0 Å². The molecule has 0 atom stereocenters. The van der Waals surface area contributed by atoms with Crippen LogP contribution in [0.3, 0.4) is 0 Å². The van der Waals surface area contributed by atoms with E-state index in [1.165, 1.54) is 0 Å². The molecule has 5 heteroatoms. The predicted molar refractivity (Wildman–Crippen MR) is 68.9 cm³/mol. The van der Waals surface area contributed by atoms with Crippen LogP contribution in [-0.2, 0) is 9.59 Å². The van der Waals surface area contributed by atoms with Crippen LogP contribution in [0.25, 0.3) is 0 Å². The number of para-hydroxylation sites is 1. The van der Waals surface area contributed by atoms with Crippen LogP contribution in [0.1, 0.15) is 12.8 Å². The second-order valence-corrected chi connectivity index (χ2v) is 4.37. The van der Waals surface area contributed by atoms with Gasteiger partial charge in [0.25, 0.3) is 0 Å². The van der Waals surface area contributed by atoms with E-state index < -0.39 is 5.41 Å². The van der Waals surface area contributed by atoms with Gasteiger partial charge in [-0.1, -0.05) is 18.2 Å². The van der Waals surface area contributed by atoms with E-state index in [1.54, 1.807) is 35.0 Å². The molecule has 1 aliphatic carbocycles. The number of carbonyl (C=O) groups is 2. The Morgan fingerprint density at radius 2 is 1.75 bits per heavy atom. The highest BCUT2D eigenvalue weighted by atomic mass is 127. The minimum Gasteiger partial charge on any atom is -0.325 e. The molecule has 0 aromatic heterocycles. The third-order valence-electron chi connectivity index (χ3n) is 2.74. The fourth-order valence-electron chi connectivity index (χ4n) is 1.54. The molecule has 0 heterocycles. The first-order chi connectivity index (χ1) is 7.69. The van der Waals surface area contributed by atoms with Gasteiger partial charge in [0.2, 0.25) is 11.8 Å². The monoisotopic (exact) mass is 330 g/mol. The third-order valence-corrected chi connectivity index (χ3v) is 3.23. The highest BCUT2D eigenvalue weighted by Gasteiger charge is 2.56. The van der Waals surface area contributed by atoms with E-state index in [1.807, 2.05) is 18.2 Å². The molecule has 4 nitrogen and oxygen atoms in total. The van der Waals surface area contributed by atoms with Crippen molar-refractivity contribution < 1.29 is 9.59 Å². The average Bonchev–Trinajstić information content (AvgIpc) is 3.10. The van der Waals surface area contributed by atoms with Crippen molar-refractivity contribution >= 4 is 40.4 Å². The number of hydrogen-bond donors (Lipinski definition) is 2. The highest BCUT2D eigenvalue weighted by Crippen LogP contribution is 2.47. The molecule has 1 fully saturated rings. The molecular formula is C11H11IN2O2. The molecule has 0 unspecified atom stereocenters. The van der Waals surface area contributed by atoms with Crippen molar-refractivity contribution in [2.75, 3.05) is 5.32 Å². The Hall–Kier alpha value is -1.11. The van der Waals surface area contributed by atoms with Gasteiger partial charge in [-0.25, -0.2) is 0 Å². The summed E-state index contributed by atoms with van der Waals surface area (Å²) < 4.78 is 2.50. The van der Waals surface area contributed by atoms with E-state index in [9.17, 15) is 9.59 Å². The van der Waals surface area contributed by atoms with E-state index in [4.69, 9.17) is 0 Å². The lowest BCUT2D eigenvalue weighted by atomic mass is 10.1. The summed E-state index contributed by atoms with van der Waals surface area (Å²) in [5.41, 5.74) is -0.114. The van der Waals surface area contributed by atoms with E-state index >= 15 is 0 Å². The van der Waals surface area contributed by atoms with E-state index in [0.717, 1.165) is 5.69 Å². The Kier molecular flexibility index (Phi) is 3.13. The zero-order valence-electron chi connectivity index (χ0n) is 8.50. The molecule has 2 rings (SSSR count). The number of hydrogen-bond acceptors (Lipinski definition) is 2. The first-order valence-electron chi connectivity index (χ1n) is 4.97. The van der Waals surface area contributed by atoms with Crippen LogP contribution in [0.4, 0.5) is 5.69 Å². The van der Waals surface area contributed by atoms with E-state index in [2.05, 4.69) is 8.85 Å². The number of rotatable bonds is 3. The summed E-state index contributed by atoms with van der Waals surface area (Å²) in [6.07, 6.45) is 1.25. The van der Waals surface area contributed by atoms with Crippen molar-refractivity contribution in [2.45, 2.75) is 12.8 Å². The van der Waals surface area contributed by atoms with Gasteiger partial charge in [-0.3, -0.25) is 13.1 Å². The molecular weight excluding hydrogens is 319 g/mol. The molecule has 84 valence electrons. The molecule has 1 aromatic carbocycles. The summed E-state index contributed by atoms with van der Waals surface area (Å²) in [7, 11) is 0. The fraction of sp³-hybridized carbons (Fsp3) is 0.273. The number of carbonyl (C=O) groups excluding carboxylic acids is 2. The first-order valence-corrected chi connectivity index (χ1v) is 6.04. The van der Waals surface area contributed by atoms with Crippen LogP contribution in [-0.4, -0.2) is 11.8 Å². The molecule has 2 N–H and O–H groups in total. The van der Waals surface area contributed by atoms with Crippen LogP contribution in [0.2, 0.25) is 0 Å². The quantitative estimate of drug-likeness (QED) is 0.505. The molecule has 1 aliphatic rings. The third kappa shape index (κ3) is 2.04. The average molecular weight is 330 g/mol. The number of nitrogens with one attached hydrogen (secondary N) is 2. The van der Waals surface area contributed by atoms with Gasteiger partial charge in [0.15, 0.2) is 0 Å². The molecule has 1 saturated carbocycles. The highest BCUT2D eigenvalue weighted by molar-refractivity contribution is 14.1. The minimum atomic E-state index is -0.836. The lowest BCUT2D eigenvalue weighted by Crippen LogP contribution is -2.36. The van der Waals surface area contributed by atoms with Crippen molar-refractivity contribution in [2.24, 2.45) is 5.41 Å². The number of amides is 2. The van der Waals surface area contributed by atoms with Gasteiger partial charge in [0.05, 0.1) is 22.9 Å². The fourth-order valence-corrected chi connectivity index (χ4v) is 2.06. The van der Waals surface area contributed by atoms with E-state index in [0.29, 0.717) is 12.8 Å². The van der Waals surface area contributed by atoms with Crippen molar-refractivity contribution in [1.82, 2.24) is 3.53 Å². The maximum Gasteiger partial charge on any atom is 0.244 e. The minimum absolute atomic E-state index is 0.207. The van der Waals surface area contributed by atoms with Crippen molar-refractivity contribution in [3.8, 4) is 0 Å². The Morgan fingerprint density at radius 1 is 1.12 bits per heavy atom. The number of benzene rings is 1. The first kappa shape index (κ1) is 11.4. The van der Waals surface area contributed by atoms with Gasteiger partial charge >= 0.3 is 0 Å². The Morgan fingerprint density at radius 3 is 2.25 bits per heavy atom. The normalized spacial score (nSPS) is 16.3. The van der Waals surface area contributed by atoms with Gasteiger partial charge in [-0.05, 0) is 25.0 Å². The number of anilines is 1. The molecule has 0 radical (unpaired) electrons. The predicted octanol–water partition coefficient (Wildman–Crippen LogP) is 1.87. The SMILES string of the molecule is O=C(NI)C1(C(=O)Nc2ccccc2)CC1. The van der Waals surface area contributed by atoms with Gasteiger partial charge < -0.3 is 5.32 Å². The maximum absolute atomic E-state index is 11.9. The van der Waals surface area contributed by atoms with Crippen LogP contribution in [0.15, 0.2) is 30.3 Å². The smallest absolute Gasteiger partial charge is 0.244 e. The van der Waals surface area contributed by atoms with Crippen LogP contribution in [0, 0.1) is 5.41 Å². The summed E-state index contributed by atoms with van der Waals surface area (Å²) in [5, 5.41) is 2.76. The summed E-state index contributed by atoms with van der Waals surface area (Å²) in [6.45, 7) is 0. The second-order valence-electron chi connectivity index (χ2n) is 3.83. The maximum atomic E-state index is 11.9. The van der Waals surface area contributed by atoms with Crippen molar-refractivity contribution in [1.29, 1.82) is 0 Å². The largest absolute Gasteiger partial charge is 0.325 e. The molecule has 0 bridgehead atoms. The lowest BCUT2D eigenvalue weighted by molar-refractivity contribution is -0.132. The summed E-state index contributed by atoms with van der Waals surface area (Å²) in [5.74, 6) is -0.422. The van der Waals surface area contributed by atoms with E-state index in [-0.39, 0.29) is 11.8 Å². The molecule has 2 amide bonds. The van der Waals surface area contributed by atoms with Crippen LogP contribution < -0.4 is 8.85 Å². The Bertz CT molecular complexity index is 415. The van der Waals surface area contributed by atoms with Crippen molar-refractivity contribution in [3.05, 3.63) is 30.3 Å².